The van der Waals surface area contributed by atoms with Crippen LogP contribution < -0.4 is 0 Å². The molecule has 1 aliphatic heterocycles. The molecule has 1 heterocycles. The van der Waals surface area contributed by atoms with Crippen LogP contribution in [-0.4, -0.2) is 36.3 Å². The molecule has 0 amide bonds. The Morgan fingerprint density at radius 3 is 2.30 bits per heavy atom. The minimum atomic E-state index is -0.699. The van der Waals surface area contributed by atoms with Gasteiger partial charge in [0.2, 0.25) is 0 Å². The monoisotopic (exact) mass is 298 g/mol. The smallest absolute Gasteiger partial charge is 0.339 e. The second kappa shape index (κ2) is 5.91. The molecule has 5 nitrogen and oxygen atoms in total. The molecule has 2 rings (SSSR count). The number of ether oxygens (including phenoxy) is 3. The summed E-state index contributed by atoms with van der Waals surface area (Å²) in [5.41, 5.74) is 0.259. The van der Waals surface area contributed by atoms with Crippen molar-refractivity contribution in [1.82, 2.24) is 0 Å². The van der Waals surface area contributed by atoms with Gasteiger partial charge in [-0.3, -0.25) is 4.79 Å². The van der Waals surface area contributed by atoms with E-state index in [9.17, 15) is 9.59 Å². The third-order valence-corrected chi connectivity index (χ3v) is 3.07. The summed E-state index contributed by atoms with van der Waals surface area (Å²) in [5, 5.41) is -0.699. The van der Waals surface area contributed by atoms with E-state index in [0.29, 0.717) is 0 Å². The van der Waals surface area contributed by atoms with E-state index in [4.69, 9.17) is 25.8 Å². The number of benzene rings is 1. The molecule has 0 aromatic heterocycles. The van der Waals surface area contributed by atoms with E-state index in [0.717, 1.165) is 0 Å². The lowest BCUT2D eigenvalue weighted by Crippen LogP contribution is -2.43. The molecule has 108 valence electrons. The van der Waals surface area contributed by atoms with Crippen LogP contribution in [0.4, 0.5) is 0 Å². The Labute approximate surface area is 121 Å². The summed E-state index contributed by atoms with van der Waals surface area (Å²) < 4.78 is 16.1. The molecule has 1 saturated heterocycles. The Balaban J connectivity index is 2.04. The molecule has 0 spiro atoms. The minimum absolute atomic E-state index is 0.122. The van der Waals surface area contributed by atoms with Gasteiger partial charge in [-0.05, 0) is 37.6 Å². The zero-order valence-electron chi connectivity index (χ0n) is 11.2. The summed E-state index contributed by atoms with van der Waals surface area (Å²) in [6.07, 6.45) is -0.506. The third kappa shape index (κ3) is 3.56. The molecule has 20 heavy (non-hydrogen) atoms. The van der Waals surface area contributed by atoms with Crippen molar-refractivity contribution >= 4 is 22.8 Å². The van der Waals surface area contributed by atoms with Gasteiger partial charge in [0.05, 0.1) is 18.8 Å². The van der Waals surface area contributed by atoms with E-state index in [-0.39, 0.29) is 24.3 Å². The van der Waals surface area contributed by atoms with Crippen molar-refractivity contribution in [2.24, 2.45) is 0 Å². The molecular weight excluding hydrogens is 284 g/mol. The van der Waals surface area contributed by atoms with Gasteiger partial charge in [-0.25, -0.2) is 4.79 Å². The first-order chi connectivity index (χ1) is 9.39. The molecule has 1 aromatic carbocycles. The topological polar surface area (TPSA) is 61.8 Å². The van der Waals surface area contributed by atoms with Gasteiger partial charge < -0.3 is 14.2 Å². The minimum Gasteiger partial charge on any atom is -0.454 e. The van der Waals surface area contributed by atoms with Gasteiger partial charge in [-0.1, -0.05) is 12.1 Å². The van der Waals surface area contributed by atoms with Gasteiger partial charge in [0.15, 0.2) is 5.79 Å². The summed E-state index contributed by atoms with van der Waals surface area (Å²) >= 11 is 5.44. The number of esters is 1. The molecule has 0 N–H and O–H groups in total. The van der Waals surface area contributed by atoms with E-state index in [1.807, 2.05) is 0 Å². The maximum atomic E-state index is 12.1. The number of halogens is 1. The Kier molecular flexibility index (Phi) is 4.42. The summed E-state index contributed by atoms with van der Waals surface area (Å²) in [7, 11) is 0. The van der Waals surface area contributed by atoms with Crippen LogP contribution in [0, 0.1) is 0 Å². The fraction of sp³-hybridized carbons (Fsp3) is 0.429. The predicted molar refractivity (Wildman–Crippen MR) is 71.8 cm³/mol. The lowest BCUT2D eigenvalue weighted by atomic mass is 10.1. The highest BCUT2D eigenvalue weighted by Gasteiger charge is 2.31. The number of hydrogen-bond donors (Lipinski definition) is 0. The van der Waals surface area contributed by atoms with Crippen molar-refractivity contribution in [2.45, 2.75) is 25.7 Å². The molecule has 1 aromatic rings. The second-order valence-electron chi connectivity index (χ2n) is 4.87. The first-order valence-corrected chi connectivity index (χ1v) is 6.54. The van der Waals surface area contributed by atoms with Crippen LogP contribution in [0.1, 0.15) is 34.6 Å². The highest BCUT2D eigenvalue weighted by Crippen LogP contribution is 2.20. The molecule has 0 atom stereocenters. The van der Waals surface area contributed by atoms with Crippen LogP contribution in [-0.2, 0) is 14.2 Å². The Hall–Kier alpha value is -1.43. The molecule has 6 heteroatoms. The highest BCUT2D eigenvalue weighted by atomic mass is 35.5. The van der Waals surface area contributed by atoms with Crippen molar-refractivity contribution in [3.63, 3.8) is 0 Å². The lowest BCUT2D eigenvalue weighted by molar-refractivity contribution is -0.272. The Morgan fingerprint density at radius 1 is 1.20 bits per heavy atom. The number of carbonyl (C=O) groups excluding carboxylic acids is 2. The van der Waals surface area contributed by atoms with Crippen molar-refractivity contribution in [3.05, 3.63) is 35.4 Å². The van der Waals surface area contributed by atoms with Crippen LogP contribution in [0.25, 0.3) is 0 Å². The predicted octanol–water partition coefficient (Wildman–Crippen LogP) is 2.37. The fourth-order valence-electron chi connectivity index (χ4n) is 1.79. The van der Waals surface area contributed by atoms with Crippen LogP contribution in [0.5, 0.6) is 0 Å². The fourth-order valence-corrected chi connectivity index (χ4v) is 1.96. The summed E-state index contributed by atoms with van der Waals surface area (Å²) in [6.45, 7) is 4.06. The van der Waals surface area contributed by atoms with Gasteiger partial charge >= 0.3 is 5.97 Å². The highest BCUT2D eigenvalue weighted by molar-refractivity contribution is 6.68. The van der Waals surface area contributed by atoms with Crippen LogP contribution in [0.3, 0.4) is 0 Å². The third-order valence-electron chi connectivity index (χ3n) is 2.87. The standard InChI is InChI=1S/C14H15ClO5/c1-14(2)18-7-9(8-19-14)20-13(17)11-6-4-3-5-10(11)12(15)16/h3-6,9H,7-8H2,1-2H3. The lowest BCUT2D eigenvalue weighted by Gasteiger charge is -2.34. The molecular formula is C14H15ClO5. The Bertz CT molecular complexity index is 516. The van der Waals surface area contributed by atoms with Crippen LogP contribution in [0.2, 0.25) is 0 Å². The van der Waals surface area contributed by atoms with Crippen LogP contribution >= 0.6 is 11.6 Å². The van der Waals surface area contributed by atoms with Crippen molar-refractivity contribution in [1.29, 1.82) is 0 Å². The molecule has 0 bridgehead atoms. The average molecular weight is 299 g/mol. The van der Waals surface area contributed by atoms with Gasteiger partial charge in [0.1, 0.15) is 6.10 Å². The van der Waals surface area contributed by atoms with E-state index >= 15 is 0 Å². The van der Waals surface area contributed by atoms with E-state index < -0.39 is 23.1 Å². The molecule has 1 aliphatic rings. The molecule has 0 aliphatic carbocycles. The zero-order valence-corrected chi connectivity index (χ0v) is 12.0. The first-order valence-electron chi connectivity index (χ1n) is 6.17. The molecule has 0 unspecified atom stereocenters. The van der Waals surface area contributed by atoms with Crippen LogP contribution in [0.15, 0.2) is 24.3 Å². The number of carbonyl (C=O) groups is 2. The largest absolute Gasteiger partial charge is 0.454 e. The SMILES string of the molecule is CC1(C)OCC(OC(=O)c2ccccc2C(=O)Cl)CO1. The number of rotatable bonds is 3. The average Bonchev–Trinajstić information content (AvgIpc) is 2.41. The van der Waals surface area contributed by atoms with Crippen molar-refractivity contribution < 1.29 is 23.8 Å². The van der Waals surface area contributed by atoms with E-state index in [1.54, 1.807) is 26.0 Å². The maximum absolute atomic E-state index is 12.1. The Morgan fingerprint density at radius 2 is 1.75 bits per heavy atom. The first kappa shape index (κ1) is 15.0. The molecule has 1 fully saturated rings. The van der Waals surface area contributed by atoms with Crippen molar-refractivity contribution in [3.8, 4) is 0 Å². The van der Waals surface area contributed by atoms with Gasteiger partial charge in [-0.2, -0.15) is 0 Å². The normalized spacial score (nSPS) is 18.6. The van der Waals surface area contributed by atoms with Gasteiger partial charge in [0.25, 0.3) is 5.24 Å². The summed E-state index contributed by atoms with van der Waals surface area (Å²) in [6, 6.07) is 6.23. The maximum Gasteiger partial charge on any atom is 0.339 e. The molecule has 0 radical (unpaired) electrons. The zero-order chi connectivity index (χ0) is 14.8. The second-order valence-corrected chi connectivity index (χ2v) is 5.21. The van der Waals surface area contributed by atoms with E-state index in [2.05, 4.69) is 0 Å². The quantitative estimate of drug-likeness (QED) is 0.633. The number of hydrogen-bond acceptors (Lipinski definition) is 5. The van der Waals surface area contributed by atoms with Gasteiger partial charge in [-0.15, -0.1) is 0 Å². The van der Waals surface area contributed by atoms with E-state index in [1.165, 1.54) is 12.1 Å². The summed E-state index contributed by atoms with van der Waals surface area (Å²) in [5.74, 6) is -1.29. The van der Waals surface area contributed by atoms with Crippen molar-refractivity contribution in [2.75, 3.05) is 13.2 Å². The molecule has 0 saturated carbocycles. The summed E-state index contributed by atoms with van der Waals surface area (Å²) in [4.78, 5) is 23.3. The van der Waals surface area contributed by atoms with Gasteiger partial charge in [0, 0.05) is 5.56 Å².